The number of nitrogens with zero attached hydrogens (tertiary/aromatic N) is 4. The maximum atomic E-state index is 12.7. The number of likely N-dealkylation sites (N-methyl/N-ethyl adjacent to an activating group) is 1. The second kappa shape index (κ2) is 10.7. The fraction of sp³-hybridized carbons (Fsp3) is 0.360. The summed E-state index contributed by atoms with van der Waals surface area (Å²) in [7, 11) is 1.64. The van der Waals surface area contributed by atoms with Crippen molar-refractivity contribution in [2.24, 2.45) is 0 Å². The number of amides is 2. The largest absolute Gasteiger partial charge is 0.336 e. The van der Waals surface area contributed by atoms with Gasteiger partial charge in [-0.15, -0.1) is 10.2 Å². The Labute approximate surface area is 199 Å². The topological polar surface area (TPSA) is 80.1 Å². The molecule has 0 unspecified atom stereocenters. The van der Waals surface area contributed by atoms with Crippen molar-refractivity contribution in [3.05, 3.63) is 58.7 Å². The summed E-state index contributed by atoms with van der Waals surface area (Å²) in [5.41, 5.74) is 6.12. The number of benzene rings is 2. The summed E-state index contributed by atoms with van der Waals surface area (Å²) in [6.45, 7) is 10.7. The van der Waals surface area contributed by atoms with Crippen molar-refractivity contribution in [2.75, 3.05) is 24.7 Å². The molecule has 0 atom stereocenters. The van der Waals surface area contributed by atoms with Gasteiger partial charge in [-0.25, -0.2) is 0 Å². The Kier molecular flexibility index (Phi) is 7.92. The van der Waals surface area contributed by atoms with Crippen LogP contribution >= 0.6 is 11.8 Å². The van der Waals surface area contributed by atoms with E-state index in [1.54, 1.807) is 7.05 Å². The lowest BCUT2D eigenvalue weighted by atomic mass is 10.1. The predicted octanol–water partition coefficient (Wildman–Crippen LogP) is 4.39. The average molecular weight is 466 g/mol. The van der Waals surface area contributed by atoms with Gasteiger partial charge in [0.25, 0.3) is 0 Å². The van der Waals surface area contributed by atoms with Crippen LogP contribution < -0.4 is 5.32 Å². The van der Waals surface area contributed by atoms with Crippen molar-refractivity contribution in [2.45, 2.75) is 46.3 Å². The van der Waals surface area contributed by atoms with Crippen molar-refractivity contribution >= 4 is 29.3 Å². The fourth-order valence-electron chi connectivity index (χ4n) is 3.80. The number of hydrogen-bond acceptors (Lipinski definition) is 5. The van der Waals surface area contributed by atoms with Crippen LogP contribution in [0, 0.1) is 27.7 Å². The van der Waals surface area contributed by atoms with Crippen molar-refractivity contribution in [3.63, 3.8) is 0 Å². The van der Waals surface area contributed by atoms with Gasteiger partial charge in [-0.1, -0.05) is 53.7 Å². The molecule has 0 saturated carbocycles. The number of thioether (sulfide) groups is 1. The van der Waals surface area contributed by atoms with E-state index in [-0.39, 0.29) is 24.1 Å². The second-order valence-corrected chi connectivity index (χ2v) is 9.17. The van der Waals surface area contributed by atoms with Crippen molar-refractivity contribution in [3.8, 4) is 11.4 Å². The number of carbonyl (C=O) groups excluding carboxylic acids is 2. The summed E-state index contributed by atoms with van der Waals surface area (Å²) in [6.07, 6.45) is 0. The first-order chi connectivity index (χ1) is 15.7. The van der Waals surface area contributed by atoms with Crippen molar-refractivity contribution in [1.82, 2.24) is 19.7 Å². The lowest BCUT2D eigenvalue weighted by Gasteiger charge is -2.18. The number of carbonyl (C=O) groups is 2. The van der Waals surface area contributed by atoms with Gasteiger partial charge in [-0.05, 0) is 51.3 Å². The van der Waals surface area contributed by atoms with Gasteiger partial charge in [-0.3, -0.25) is 9.59 Å². The number of anilines is 1. The Bertz CT molecular complexity index is 1150. The Morgan fingerprint density at radius 1 is 1.03 bits per heavy atom. The van der Waals surface area contributed by atoms with Crippen LogP contribution in [0.2, 0.25) is 0 Å². The van der Waals surface area contributed by atoms with Gasteiger partial charge in [0.15, 0.2) is 11.0 Å². The molecule has 7 nitrogen and oxygen atoms in total. The molecule has 3 rings (SSSR count). The maximum absolute atomic E-state index is 12.7. The number of rotatable bonds is 8. The third-order valence-electron chi connectivity index (χ3n) is 5.49. The molecular weight excluding hydrogens is 434 g/mol. The predicted molar refractivity (Wildman–Crippen MR) is 134 cm³/mol. The molecule has 0 saturated heterocycles. The van der Waals surface area contributed by atoms with Crippen molar-refractivity contribution < 1.29 is 9.59 Å². The van der Waals surface area contributed by atoms with Crippen LogP contribution in [0.5, 0.6) is 0 Å². The zero-order valence-corrected chi connectivity index (χ0v) is 20.9. The fourth-order valence-corrected chi connectivity index (χ4v) is 4.74. The molecule has 0 spiro atoms. The SMILES string of the molecule is CCn1c(SCC(=O)N(C)CC(=O)Nc2c(C)cc(C)cc2C)nnc1-c1ccccc1C. The summed E-state index contributed by atoms with van der Waals surface area (Å²) in [6, 6.07) is 12.1. The Morgan fingerprint density at radius 3 is 2.33 bits per heavy atom. The molecule has 0 bridgehead atoms. The highest BCUT2D eigenvalue weighted by molar-refractivity contribution is 7.99. The molecular formula is C25H31N5O2S. The Balaban J connectivity index is 1.61. The minimum Gasteiger partial charge on any atom is -0.336 e. The first-order valence-electron chi connectivity index (χ1n) is 10.9. The molecule has 1 N–H and O–H groups in total. The summed E-state index contributed by atoms with van der Waals surface area (Å²) >= 11 is 1.33. The molecule has 0 radical (unpaired) electrons. The van der Waals surface area contributed by atoms with Crippen LogP contribution in [-0.4, -0.2) is 50.8 Å². The monoisotopic (exact) mass is 465 g/mol. The Morgan fingerprint density at radius 2 is 1.70 bits per heavy atom. The molecule has 174 valence electrons. The zero-order valence-electron chi connectivity index (χ0n) is 20.1. The smallest absolute Gasteiger partial charge is 0.243 e. The summed E-state index contributed by atoms with van der Waals surface area (Å²) in [4.78, 5) is 26.7. The molecule has 2 amide bonds. The number of nitrogens with one attached hydrogen (secondary N) is 1. The number of aryl methyl sites for hydroxylation is 4. The molecule has 33 heavy (non-hydrogen) atoms. The van der Waals surface area contributed by atoms with Crippen LogP contribution in [0.4, 0.5) is 5.69 Å². The molecule has 0 fully saturated rings. The number of hydrogen-bond donors (Lipinski definition) is 1. The highest BCUT2D eigenvalue weighted by Gasteiger charge is 2.19. The van der Waals surface area contributed by atoms with E-state index in [2.05, 4.69) is 15.5 Å². The van der Waals surface area contributed by atoms with E-state index in [0.717, 1.165) is 39.3 Å². The first-order valence-corrected chi connectivity index (χ1v) is 11.9. The van der Waals surface area contributed by atoms with E-state index in [1.165, 1.54) is 16.7 Å². The summed E-state index contributed by atoms with van der Waals surface area (Å²) < 4.78 is 2.01. The van der Waals surface area contributed by atoms with Crippen LogP contribution in [0.1, 0.15) is 29.2 Å². The lowest BCUT2D eigenvalue weighted by Crippen LogP contribution is -2.36. The van der Waals surface area contributed by atoms with Crippen LogP contribution in [-0.2, 0) is 16.1 Å². The van der Waals surface area contributed by atoms with Crippen LogP contribution in [0.3, 0.4) is 0 Å². The molecule has 0 aliphatic carbocycles. The van der Waals surface area contributed by atoms with Crippen LogP contribution in [0.15, 0.2) is 41.6 Å². The van der Waals surface area contributed by atoms with Gasteiger partial charge < -0.3 is 14.8 Å². The third kappa shape index (κ3) is 5.82. The summed E-state index contributed by atoms with van der Waals surface area (Å²) in [5.74, 6) is 0.611. The number of aromatic nitrogens is 3. The Hall–Kier alpha value is -3.13. The van der Waals surface area contributed by atoms with E-state index in [9.17, 15) is 9.59 Å². The molecule has 3 aromatic rings. The highest BCUT2D eigenvalue weighted by atomic mass is 32.2. The van der Waals surface area contributed by atoms with Crippen LogP contribution in [0.25, 0.3) is 11.4 Å². The standard InChI is InChI=1S/C25H31N5O2S/c1-7-30-24(20-11-9-8-10-17(20)3)27-28-25(30)33-15-22(32)29(6)14-21(31)26-23-18(4)12-16(2)13-19(23)5/h8-13H,7,14-15H2,1-6H3,(H,26,31). The quantitative estimate of drug-likeness (QED) is 0.499. The normalized spacial score (nSPS) is 10.8. The molecule has 2 aromatic carbocycles. The summed E-state index contributed by atoms with van der Waals surface area (Å²) in [5, 5.41) is 12.3. The van der Waals surface area contributed by atoms with E-state index >= 15 is 0 Å². The van der Waals surface area contributed by atoms with Gasteiger partial charge >= 0.3 is 0 Å². The maximum Gasteiger partial charge on any atom is 0.243 e. The van der Waals surface area contributed by atoms with Gasteiger partial charge in [-0.2, -0.15) is 0 Å². The molecule has 1 aromatic heterocycles. The van der Waals surface area contributed by atoms with E-state index in [4.69, 9.17) is 0 Å². The molecule has 8 heteroatoms. The molecule has 0 aliphatic heterocycles. The van der Waals surface area contributed by atoms with E-state index in [0.29, 0.717) is 11.7 Å². The highest BCUT2D eigenvalue weighted by Crippen LogP contribution is 2.26. The van der Waals surface area contributed by atoms with Gasteiger partial charge in [0.05, 0.1) is 12.3 Å². The average Bonchev–Trinajstić information content (AvgIpc) is 3.17. The minimum atomic E-state index is -0.218. The van der Waals surface area contributed by atoms with E-state index in [1.807, 2.05) is 75.6 Å². The van der Waals surface area contributed by atoms with Crippen molar-refractivity contribution in [1.29, 1.82) is 0 Å². The zero-order chi connectivity index (χ0) is 24.1. The van der Waals surface area contributed by atoms with Gasteiger partial charge in [0.1, 0.15) is 0 Å². The van der Waals surface area contributed by atoms with E-state index < -0.39 is 0 Å². The molecule has 1 heterocycles. The first kappa shape index (κ1) is 24.5. The minimum absolute atomic E-state index is 0.0128. The third-order valence-corrected chi connectivity index (χ3v) is 6.44. The van der Waals surface area contributed by atoms with Gasteiger partial charge in [0, 0.05) is 24.8 Å². The lowest BCUT2D eigenvalue weighted by molar-refractivity contribution is -0.131. The van der Waals surface area contributed by atoms with Gasteiger partial charge in [0.2, 0.25) is 11.8 Å². The second-order valence-electron chi connectivity index (χ2n) is 8.23. The molecule has 0 aliphatic rings.